The molecule has 4 heteroatoms. The quantitative estimate of drug-likeness (QED) is 0.898. The second-order valence-electron chi connectivity index (χ2n) is 3.47. The van der Waals surface area contributed by atoms with Crippen LogP contribution in [0.2, 0.25) is 0 Å². The first-order valence-corrected chi connectivity index (χ1v) is 5.67. The van der Waals surface area contributed by atoms with Crippen LogP contribution < -0.4 is 0 Å². The molecule has 0 amide bonds. The van der Waals surface area contributed by atoms with Crippen molar-refractivity contribution in [3.63, 3.8) is 0 Å². The summed E-state index contributed by atoms with van der Waals surface area (Å²) in [5.74, 6) is 0. The highest BCUT2D eigenvalue weighted by Gasteiger charge is 2.17. The van der Waals surface area contributed by atoms with Gasteiger partial charge in [-0.05, 0) is 46.5 Å². The molecule has 0 spiro atoms. The fraction of sp³-hybridized carbons (Fsp3) is 0.364. The van der Waals surface area contributed by atoms with Gasteiger partial charge in [0.1, 0.15) is 6.10 Å². The van der Waals surface area contributed by atoms with Crippen molar-refractivity contribution in [2.24, 2.45) is 0 Å². The van der Waals surface area contributed by atoms with Crippen molar-refractivity contribution in [3.05, 3.63) is 40.3 Å². The third-order valence-electron chi connectivity index (χ3n) is 2.34. The van der Waals surface area contributed by atoms with E-state index < -0.39 is 6.10 Å². The molecule has 0 aromatic carbocycles. The number of halogens is 1. The second-order valence-corrected chi connectivity index (χ2v) is 4.39. The summed E-state index contributed by atoms with van der Waals surface area (Å²) >= 11 is 3.31. The third kappa shape index (κ3) is 2.58. The molecule has 1 N–H and O–H groups in total. The Kier molecular flexibility index (Phi) is 3.38. The lowest BCUT2D eigenvalue weighted by Crippen LogP contribution is -2.09. The number of pyridine rings is 1. The van der Waals surface area contributed by atoms with E-state index in [0.29, 0.717) is 5.69 Å². The number of nitrogens with zero attached hydrogens (tertiary/aromatic N) is 1. The molecule has 1 aromatic heterocycles. The number of rotatable bonds is 2. The molecule has 0 radical (unpaired) electrons. The van der Waals surface area contributed by atoms with E-state index in [9.17, 15) is 5.11 Å². The summed E-state index contributed by atoms with van der Waals surface area (Å²) in [6, 6.07) is 3.68. The molecule has 80 valence electrons. The predicted molar refractivity (Wildman–Crippen MR) is 60.2 cm³/mol. The summed E-state index contributed by atoms with van der Waals surface area (Å²) < 4.78 is 6.10. The number of ether oxygens (including phenoxy) is 1. The Morgan fingerprint density at radius 1 is 1.47 bits per heavy atom. The summed E-state index contributed by atoms with van der Waals surface area (Å²) in [4.78, 5) is 4.16. The molecular formula is C11H12BrNO2. The van der Waals surface area contributed by atoms with Crippen molar-refractivity contribution in [1.82, 2.24) is 4.98 Å². The van der Waals surface area contributed by atoms with E-state index in [1.165, 1.54) is 0 Å². The van der Waals surface area contributed by atoms with E-state index >= 15 is 0 Å². The molecule has 15 heavy (non-hydrogen) atoms. The largest absolute Gasteiger partial charge is 0.501 e. The SMILES string of the molecule is OC(C1=COCCC1)c1ccc(Br)cn1. The van der Waals surface area contributed by atoms with E-state index in [2.05, 4.69) is 20.9 Å². The minimum Gasteiger partial charge on any atom is -0.501 e. The van der Waals surface area contributed by atoms with Gasteiger partial charge in [-0.2, -0.15) is 0 Å². The van der Waals surface area contributed by atoms with Gasteiger partial charge in [-0.3, -0.25) is 4.98 Å². The Morgan fingerprint density at radius 2 is 2.33 bits per heavy atom. The Labute approximate surface area is 96.9 Å². The van der Waals surface area contributed by atoms with Crippen LogP contribution in [-0.2, 0) is 4.74 Å². The molecule has 1 aromatic rings. The monoisotopic (exact) mass is 269 g/mol. The number of hydrogen-bond acceptors (Lipinski definition) is 3. The Bertz CT molecular complexity index is 361. The van der Waals surface area contributed by atoms with E-state index in [0.717, 1.165) is 29.5 Å². The zero-order chi connectivity index (χ0) is 10.7. The van der Waals surface area contributed by atoms with Crippen LogP contribution in [0, 0.1) is 0 Å². The van der Waals surface area contributed by atoms with Gasteiger partial charge in [0.25, 0.3) is 0 Å². The number of aliphatic hydroxyl groups is 1. The molecule has 3 nitrogen and oxygen atoms in total. The first-order valence-electron chi connectivity index (χ1n) is 4.87. The molecular weight excluding hydrogens is 258 g/mol. The van der Waals surface area contributed by atoms with Crippen LogP contribution >= 0.6 is 15.9 Å². The van der Waals surface area contributed by atoms with E-state index in [4.69, 9.17) is 4.74 Å². The van der Waals surface area contributed by atoms with Crippen molar-refractivity contribution in [2.45, 2.75) is 18.9 Å². The van der Waals surface area contributed by atoms with Crippen LogP contribution in [0.25, 0.3) is 0 Å². The molecule has 2 rings (SSSR count). The predicted octanol–water partition coefficient (Wildman–Crippen LogP) is 2.57. The highest BCUT2D eigenvalue weighted by molar-refractivity contribution is 9.10. The smallest absolute Gasteiger partial charge is 0.120 e. The summed E-state index contributed by atoms with van der Waals surface area (Å²) in [6.07, 6.45) is 4.53. The average molecular weight is 270 g/mol. The van der Waals surface area contributed by atoms with Gasteiger partial charge in [-0.1, -0.05) is 0 Å². The fourth-order valence-corrected chi connectivity index (χ4v) is 1.76. The summed E-state index contributed by atoms with van der Waals surface area (Å²) in [5, 5.41) is 10.0. The third-order valence-corrected chi connectivity index (χ3v) is 2.81. The van der Waals surface area contributed by atoms with Crippen LogP contribution in [0.3, 0.4) is 0 Å². The average Bonchev–Trinajstić information content (AvgIpc) is 2.30. The molecule has 1 atom stereocenters. The lowest BCUT2D eigenvalue weighted by atomic mass is 10.0. The number of hydrogen-bond donors (Lipinski definition) is 1. The molecule has 0 saturated heterocycles. The van der Waals surface area contributed by atoms with Crippen LogP contribution in [0.1, 0.15) is 24.6 Å². The van der Waals surface area contributed by atoms with Crippen LogP contribution in [0.4, 0.5) is 0 Å². The molecule has 0 fully saturated rings. The van der Waals surface area contributed by atoms with E-state index in [1.807, 2.05) is 12.1 Å². The van der Waals surface area contributed by atoms with Crippen molar-refractivity contribution >= 4 is 15.9 Å². The van der Waals surface area contributed by atoms with Gasteiger partial charge in [-0.15, -0.1) is 0 Å². The Morgan fingerprint density at radius 3 is 2.93 bits per heavy atom. The van der Waals surface area contributed by atoms with Gasteiger partial charge in [0.2, 0.25) is 0 Å². The molecule has 2 heterocycles. The lowest BCUT2D eigenvalue weighted by molar-refractivity contribution is 0.167. The summed E-state index contributed by atoms with van der Waals surface area (Å²) in [6.45, 7) is 0.740. The highest BCUT2D eigenvalue weighted by Crippen LogP contribution is 2.26. The van der Waals surface area contributed by atoms with Crippen molar-refractivity contribution in [2.75, 3.05) is 6.61 Å². The van der Waals surface area contributed by atoms with Gasteiger partial charge >= 0.3 is 0 Å². The second kappa shape index (κ2) is 4.77. The first kappa shape index (κ1) is 10.6. The topological polar surface area (TPSA) is 42.4 Å². The minimum atomic E-state index is -0.640. The maximum Gasteiger partial charge on any atom is 0.120 e. The summed E-state index contributed by atoms with van der Waals surface area (Å²) in [5.41, 5.74) is 1.56. The van der Waals surface area contributed by atoms with E-state index in [1.54, 1.807) is 12.5 Å². The lowest BCUT2D eigenvalue weighted by Gasteiger charge is -2.18. The molecule has 1 unspecified atom stereocenters. The molecule has 1 aliphatic rings. The van der Waals surface area contributed by atoms with Crippen molar-refractivity contribution in [3.8, 4) is 0 Å². The van der Waals surface area contributed by atoms with E-state index in [-0.39, 0.29) is 0 Å². The van der Waals surface area contributed by atoms with Gasteiger partial charge in [0, 0.05) is 10.7 Å². The Balaban J connectivity index is 2.16. The molecule has 0 aliphatic carbocycles. The zero-order valence-corrected chi connectivity index (χ0v) is 9.77. The van der Waals surface area contributed by atoms with Crippen LogP contribution in [0.15, 0.2) is 34.6 Å². The minimum absolute atomic E-state index is 0.640. The molecule has 1 aliphatic heterocycles. The molecule has 0 bridgehead atoms. The maximum atomic E-state index is 10.0. The van der Waals surface area contributed by atoms with Crippen LogP contribution in [0.5, 0.6) is 0 Å². The highest BCUT2D eigenvalue weighted by atomic mass is 79.9. The number of aliphatic hydroxyl groups excluding tert-OH is 1. The molecule has 0 saturated carbocycles. The Hall–Kier alpha value is -0.870. The standard InChI is InChI=1S/C11H12BrNO2/c12-9-3-4-10(13-6-9)11(14)8-2-1-5-15-7-8/h3-4,6-7,11,14H,1-2,5H2. The summed E-state index contributed by atoms with van der Waals surface area (Å²) in [7, 11) is 0. The fourth-order valence-electron chi connectivity index (χ4n) is 1.52. The van der Waals surface area contributed by atoms with Crippen molar-refractivity contribution < 1.29 is 9.84 Å². The van der Waals surface area contributed by atoms with Crippen molar-refractivity contribution in [1.29, 1.82) is 0 Å². The van der Waals surface area contributed by atoms with Gasteiger partial charge in [0.15, 0.2) is 0 Å². The number of aromatic nitrogens is 1. The van der Waals surface area contributed by atoms with Crippen LogP contribution in [-0.4, -0.2) is 16.7 Å². The first-order chi connectivity index (χ1) is 7.27. The van der Waals surface area contributed by atoms with Gasteiger partial charge in [-0.25, -0.2) is 0 Å². The maximum absolute atomic E-state index is 10.0. The van der Waals surface area contributed by atoms with Gasteiger partial charge in [0.05, 0.1) is 18.6 Å². The normalized spacial score (nSPS) is 17.9. The zero-order valence-electron chi connectivity index (χ0n) is 8.19. The van der Waals surface area contributed by atoms with Gasteiger partial charge < -0.3 is 9.84 Å².